The molecule has 0 unspecified atom stereocenters. The van der Waals surface area contributed by atoms with Crippen molar-refractivity contribution in [1.29, 1.82) is 0 Å². The van der Waals surface area contributed by atoms with Crippen molar-refractivity contribution >= 4 is 27.0 Å². The molecular formula is C27H32N6O4S. The molecule has 10 nitrogen and oxygen atoms in total. The van der Waals surface area contributed by atoms with Crippen LogP contribution in [0.3, 0.4) is 0 Å². The molecule has 1 atom stereocenters. The van der Waals surface area contributed by atoms with Crippen LogP contribution in [-0.4, -0.2) is 71.0 Å². The summed E-state index contributed by atoms with van der Waals surface area (Å²) in [6.45, 7) is 7.37. The zero-order valence-corrected chi connectivity index (χ0v) is 22.9. The number of pyridine rings is 1. The number of piperidine rings is 1. The van der Waals surface area contributed by atoms with Gasteiger partial charge < -0.3 is 14.2 Å². The third-order valence-electron chi connectivity index (χ3n) is 7.88. The fourth-order valence-corrected chi connectivity index (χ4v) is 6.83. The highest BCUT2D eigenvalue weighted by Gasteiger charge is 2.35. The van der Waals surface area contributed by atoms with E-state index in [1.165, 1.54) is 0 Å². The maximum absolute atomic E-state index is 12.5. The van der Waals surface area contributed by atoms with Crippen LogP contribution in [-0.2, 0) is 10.0 Å². The highest BCUT2D eigenvalue weighted by molar-refractivity contribution is 7.89. The minimum atomic E-state index is -3.23. The molecule has 38 heavy (non-hydrogen) atoms. The van der Waals surface area contributed by atoms with Gasteiger partial charge in [-0.05, 0) is 57.9 Å². The molecule has 2 aliphatic rings. The zero-order valence-electron chi connectivity index (χ0n) is 22.1. The lowest BCUT2D eigenvalue weighted by Crippen LogP contribution is -2.46. The number of benzene rings is 1. The molecule has 0 aliphatic carbocycles. The molecule has 1 saturated heterocycles. The van der Waals surface area contributed by atoms with E-state index in [4.69, 9.17) is 14.2 Å². The lowest BCUT2D eigenvalue weighted by Gasteiger charge is -2.38. The summed E-state index contributed by atoms with van der Waals surface area (Å²) in [6.07, 6.45) is 3.27. The van der Waals surface area contributed by atoms with Crippen molar-refractivity contribution in [2.75, 3.05) is 37.4 Å². The van der Waals surface area contributed by atoms with Gasteiger partial charge in [-0.2, -0.15) is 0 Å². The van der Waals surface area contributed by atoms with Gasteiger partial charge in [-0.3, -0.25) is 9.55 Å². The van der Waals surface area contributed by atoms with E-state index in [0.717, 1.165) is 63.8 Å². The molecule has 0 saturated carbocycles. The highest BCUT2D eigenvalue weighted by atomic mass is 32.2. The quantitative estimate of drug-likeness (QED) is 0.365. The Balaban J connectivity index is 1.45. The van der Waals surface area contributed by atoms with Gasteiger partial charge in [-0.15, -0.1) is 0 Å². The third-order valence-corrected chi connectivity index (χ3v) is 9.79. The molecule has 11 heteroatoms. The van der Waals surface area contributed by atoms with Crippen LogP contribution in [0.1, 0.15) is 43.0 Å². The largest absolute Gasteiger partial charge is 0.488 e. The predicted octanol–water partition coefficient (Wildman–Crippen LogP) is 3.94. The Morgan fingerprint density at radius 2 is 1.92 bits per heavy atom. The minimum absolute atomic E-state index is 0.0152. The van der Waals surface area contributed by atoms with Crippen LogP contribution in [0.25, 0.3) is 22.2 Å². The summed E-state index contributed by atoms with van der Waals surface area (Å²) >= 11 is 0. The number of hydrogen-bond donors (Lipinski definition) is 0. The van der Waals surface area contributed by atoms with Crippen LogP contribution < -0.4 is 9.64 Å². The number of nitrogens with zero attached hydrogens (tertiary/aromatic N) is 6. The van der Waals surface area contributed by atoms with Gasteiger partial charge >= 0.3 is 0 Å². The first-order valence-corrected chi connectivity index (χ1v) is 14.6. The smallest absolute Gasteiger partial charge is 0.213 e. The summed E-state index contributed by atoms with van der Waals surface area (Å²) < 4.78 is 40.6. The van der Waals surface area contributed by atoms with Gasteiger partial charge in [-0.1, -0.05) is 11.2 Å². The van der Waals surface area contributed by atoms with E-state index in [1.807, 2.05) is 44.2 Å². The second-order valence-electron chi connectivity index (χ2n) is 10.0. The van der Waals surface area contributed by atoms with Gasteiger partial charge in [0.1, 0.15) is 23.9 Å². The van der Waals surface area contributed by atoms with E-state index < -0.39 is 10.0 Å². The topological polar surface area (TPSA) is 107 Å². The molecule has 4 aromatic rings. The lowest BCUT2D eigenvalue weighted by atomic mass is 10.0. The van der Waals surface area contributed by atoms with Crippen molar-refractivity contribution in [2.45, 2.75) is 45.7 Å². The Hall–Kier alpha value is -3.44. The average molecular weight is 537 g/mol. The van der Waals surface area contributed by atoms with Crippen molar-refractivity contribution in [2.24, 2.45) is 0 Å². The highest BCUT2D eigenvalue weighted by Crippen LogP contribution is 2.46. The van der Waals surface area contributed by atoms with E-state index in [2.05, 4.69) is 19.6 Å². The zero-order chi connectivity index (χ0) is 26.6. The van der Waals surface area contributed by atoms with Crippen LogP contribution in [0.4, 0.5) is 5.95 Å². The monoisotopic (exact) mass is 536 g/mol. The van der Waals surface area contributed by atoms with Crippen LogP contribution >= 0.6 is 0 Å². The fourth-order valence-electron chi connectivity index (χ4n) is 5.76. The van der Waals surface area contributed by atoms with Gasteiger partial charge in [-0.25, -0.2) is 17.7 Å². The molecule has 0 bridgehead atoms. The third kappa shape index (κ3) is 3.95. The fraction of sp³-hybridized carbons (Fsp3) is 0.444. The summed E-state index contributed by atoms with van der Waals surface area (Å²) in [5.41, 5.74) is 5.36. The molecule has 1 aromatic carbocycles. The van der Waals surface area contributed by atoms with Gasteiger partial charge in [0.25, 0.3) is 0 Å². The summed E-state index contributed by atoms with van der Waals surface area (Å²) in [4.78, 5) is 12.0. The predicted molar refractivity (Wildman–Crippen MR) is 145 cm³/mol. The molecular weight excluding hydrogens is 504 g/mol. The van der Waals surface area contributed by atoms with Crippen molar-refractivity contribution in [3.05, 3.63) is 53.7 Å². The average Bonchev–Trinajstić information content (AvgIpc) is 3.50. The van der Waals surface area contributed by atoms with E-state index in [0.29, 0.717) is 19.7 Å². The standard InChI is InChI=1S/C27H32N6O4S/c1-5-38(34,35)31(4)19-11-14-32(15-12-19)27-29-22-10-9-20(24-17(2)30-37-18(24)3)26-25(22)33(27)23(16-36-26)21-8-6-7-13-28-21/h6-10,13,19,23H,5,11-12,14-16H2,1-4H3/t23-/m1/s1. The summed E-state index contributed by atoms with van der Waals surface area (Å²) in [7, 11) is -1.53. The molecule has 0 radical (unpaired) electrons. The Labute approximate surface area is 222 Å². The Morgan fingerprint density at radius 1 is 1.13 bits per heavy atom. The first kappa shape index (κ1) is 24.9. The van der Waals surface area contributed by atoms with E-state index in [-0.39, 0.29) is 17.8 Å². The summed E-state index contributed by atoms with van der Waals surface area (Å²) in [6, 6.07) is 9.81. The molecule has 5 heterocycles. The van der Waals surface area contributed by atoms with Crippen molar-refractivity contribution in [3.8, 4) is 16.9 Å². The molecule has 200 valence electrons. The summed E-state index contributed by atoms with van der Waals surface area (Å²) in [5.74, 6) is 2.48. The van der Waals surface area contributed by atoms with Crippen LogP contribution in [0.5, 0.6) is 5.75 Å². The van der Waals surface area contributed by atoms with Crippen molar-refractivity contribution < 1.29 is 17.7 Å². The number of aromatic nitrogens is 4. The minimum Gasteiger partial charge on any atom is -0.488 e. The first-order chi connectivity index (χ1) is 18.3. The number of imidazole rings is 1. The normalized spacial score (nSPS) is 18.3. The van der Waals surface area contributed by atoms with Gasteiger partial charge in [0, 0.05) is 37.9 Å². The lowest BCUT2D eigenvalue weighted by molar-refractivity contribution is 0.256. The molecule has 3 aromatic heterocycles. The second-order valence-corrected chi connectivity index (χ2v) is 12.3. The van der Waals surface area contributed by atoms with Gasteiger partial charge in [0.15, 0.2) is 5.75 Å². The summed E-state index contributed by atoms with van der Waals surface area (Å²) in [5, 5.41) is 4.16. The molecule has 0 N–H and O–H groups in total. The van der Waals surface area contributed by atoms with Crippen molar-refractivity contribution in [3.63, 3.8) is 0 Å². The maximum Gasteiger partial charge on any atom is 0.213 e. The number of ether oxygens (including phenoxy) is 1. The van der Waals surface area contributed by atoms with E-state index in [9.17, 15) is 8.42 Å². The molecule has 1 fully saturated rings. The van der Waals surface area contributed by atoms with Gasteiger partial charge in [0.2, 0.25) is 16.0 Å². The molecule has 0 amide bonds. The maximum atomic E-state index is 12.5. The number of sulfonamides is 1. The second kappa shape index (κ2) is 9.39. The molecule has 2 aliphatic heterocycles. The van der Waals surface area contributed by atoms with Gasteiger partial charge in [0.05, 0.1) is 28.2 Å². The Kier molecular flexibility index (Phi) is 6.14. The van der Waals surface area contributed by atoms with E-state index >= 15 is 0 Å². The Morgan fingerprint density at radius 3 is 2.58 bits per heavy atom. The number of aryl methyl sites for hydroxylation is 2. The van der Waals surface area contributed by atoms with Crippen molar-refractivity contribution in [1.82, 2.24) is 24.0 Å². The van der Waals surface area contributed by atoms with Crippen LogP contribution in [0.2, 0.25) is 0 Å². The molecule has 6 rings (SSSR count). The SMILES string of the molecule is CCS(=O)(=O)N(C)C1CCN(c2nc3ccc(-c4c(C)noc4C)c4c3n2[C@@H](c2ccccn2)CO4)CC1. The number of anilines is 1. The molecule has 0 spiro atoms. The first-order valence-electron chi connectivity index (χ1n) is 13.0. The van der Waals surface area contributed by atoms with E-state index in [1.54, 1.807) is 24.5 Å². The number of hydrogen-bond acceptors (Lipinski definition) is 8. The van der Waals surface area contributed by atoms with Crippen LogP contribution in [0, 0.1) is 13.8 Å². The van der Waals surface area contributed by atoms with Crippen LogP contribution in [0.15, 0.2) is 41.1 Å². The number of rotatable bonds is 6. The Bertz CT molecular complexity index is 1570.